The predicted octanol–water partition coefficient (Wildman–Crippen LogP) is 4.64. The molecule has 1 aliphatic heterocycles. The van der Waals surface area contributed by atoms with Gasteiger partial charge in [-0.15, -0.1) is 0 Å². The number of nitrogens with zero attached hydrogens (tertiary/aromatic N) is 6. The van der Waals surface area contributed by atoms with Crippen LogP contribution in [0.25, 0.3) is 17.1 Å². The third kappa shape index (κ3) is 5.37. The fourth-order valence-electron chi connectivity index (χ4n) is 4.47. The molecule has 10 heteroatoms. The summed E-state index contributed by atoms with van der Waals surface area (Å²) in [5.74, 6) is 0.378. The van der Waals surface area contributed by atoms with Gasteiger partial charge >= 0.3 is 6.09 Å². The molecule has 1 aromatic carbocycles. The lowest BCUT2D eigenvalue weighted by Gasteiger charge is -2.29. The summed E-state index contributed by atoms with van der Waals surface area (Å²) in [5, 5.41) is 12.4. The molecule has 5 rings (SSSR count). The van der Waals surface area contributed by atoms with E-state index < -0.39 is 5.60 Å². The fourth-order valence-corrected chi connectivity index (χ4v) is 4.47. The first-order valence-corrected chi connectivity index (χ1v) is 12.4. The number of carbonyl (C=O) groups is 1. The number of halogens is 1. The third-order valence-electron chi connectivity index (χ3n) is 6.25. The van der Waals surface area contributed by atoms with E-state index in [0.29, 0.717) is 31.7 Å². The van der Waals surface area contributed by atoms with Gasteiger partial charge < -0.3 is 9.64 Å². The Hall–Kier alpha value is -4.08. The maximum Gasteiger partial charge on any atom is 0.410 e. The largest absolute Gasteiger partial charge is 0.444 e. The fraction of sp³-hybridized carbons (Fsp3) is 0.370. The maximum absolute atomic E-state index is 13.4. The van der Waals surface area contributed by atoms with Crippen molar-refractivity contribution in [3.63, 3.8) is 0 Å². The van der Waals surface area contributed by atoms with Crippen LogP contribution >= 0.6 is 0 Å². The minimum Gasteiger partial charge on any atom is -0.444 e. The van der Waals surface area contributed by atoms with Crippen LogP contribution in [0.3, 0.4) is 0 Å². The van der Waals surface area contributed by atoms with Crippen LogP contribution < -0.4 is 0 Å². The second-order valence-corrected chi connectivity index (χ2v) is 10.1. The lowest BCUT2D eigenvalue weighted by atomic mass is 10.0. The Labute approximate surface area is 214 Å². The molecule has 0 saturated carbocycles. The van der Waals surface area contributed by atoms with Crippen LogP contribution in [0.4, 0.5) is 9.18 Å². The molecule has 0 spiro atoms. The van der Waals surface area contributed by atoms with Crippen molar-refractivity contribution in [2.45, 2.75) is 59.1 Å². The van der Waals surface area contributed by atoms with E-state index in [1.165, 1.54) is 18.5 Å². The van der Waals surface area contributed by atoms with E-state index in [9.17, 15) is 9.18 Å². The number of rotatable bonds is 5. The number of benzene rings is 1. The summed E-state index contributed by atoms with van der Waals surface area (Å²) in [4.78, 5) is 23.1. The zero-order valence-corrected chi connectivity index (χ0v) is 21.5. The Morgan fingerprint density at radius 1 is 1.19 bits per heavy atom. The molecule has 1 N–H and O–H groups in total. The molecule has 1 amide bonds. The van der Waals surface area contributed by atoms with E-state index in [1.807, 2.05) is 33.0 Å². The summed E-state index contributed by atoms with van der Waals surface area (Å²) in [6, 6.07) is 8.26. The Kier molecular flexibility index (Phi) is 6.49. The van der Waals surface area contributed by atoms with Gasteiger partial charge in [0.1, 0.15) is 17.7 Å². The molecule has 1 aliphatic rings. The van der Waals surface area contributed by atoms with E-state index in [2.05, 4.69) is 27.1 Å². The van der Waals surface area contributed by atoms with Gasteiger partial charge in [0.15, 0.2) is 5.82 Å². The van der Waals surface area contributed by atoms with Gasteiger partial charge in [-0.25, -0.2) is 23.8 Å². The summed E-state index contributed by atoms with van der Waals surface area (Å²) >= 11 is 0. The number of aromatic amines is 1. The van der Waals surface area contributed by atoms with Gasteiger partial charge in [-0.2, -0.15) is 10.2 Å². The summed E-state index contributed by atoms with van der Waals surface area (Å²) in [7, 11) is 0. The van der Waals surface area contributed by atoms with Crippen molar-refractivity contribution in [2.75, 3.05) is 6.54 Å². The smallest absolute Gasteiger partial charge is 0.410 e. The number of fused-ring (bicyclic) bond motifs is 1. The van der Waals surface area contributed by atoms with E-state index in [-0.39, 0.29) is 11.9 Å². The summed E-state index contributed by atoms with van der Waals surface area (Å²) in [6.07, 6.45) is 5.18. The summed E-state index contributed by atoms with van der Waals surface area (Å²) < 4.78 is 20.6. The van der Waals surface area contributed by atoms with Crippen LogP contribution in [0.15, 0.2) is 42.9 Å². The monoisotopic (exact) mass is 503 g/mol. The van der Waals surface area contributed by atoms with Crippen molar-refractivity contribution < 1.29 is 13.9 Å². The molecule has 4 aromatic rings. The number of hydrogen-bond acceptors (Lipinski definition) is 6. The van der Waals surface area contributed by atoms with Crippen LogP contribution in [-0.4, -0.2) is 53.1 Å². The minimum absolute atomic E-state index is 0.274. The Balaban J connectivity index is 1.34. The highest BCUT2D eigenvalue weighted by Gasteiger charge is 2.27. The SMILES string of the molecule is CCc1c(-c2ccc(F)cc2)n[nH]c1Cc1cc(-n2cc3c(n2)CN(C(=O)OC(C)(C)C)CC3)ncn1. The number of H-pyrrole nitrogens is 1. The molecule has 0 bridgehead atoms. The van der Waals surface area contributed by atoms with Gasteiger partial charge in [0, 0.05) is 42.0 Å². The Morgan fingerprint density at radius 2 is 1.97 bits per heavy atom. The van der Waals surface area contributed by atoms with Crippen molar-refractivity contribution in [1.82, 2.24) is 34.8 Å². The number of aromatic nitrogens is 6. The number of ether oxygens (including phenoxy) is 1. The van der Waals surface area contributed by atoms with Crippen LogP contribution in [0.5, 0.6) is 0 Å². The molecule has 192 valence electrons. The molecule has 0 atom stereocenters. The molecule has 37 heavy (non-hydrogen) atoms. The molecule has 0 fully saturated rings. The van der Waals surface area contributed by atoms with E-state index in [4.69, 9.17) is 9.84 Å². The molecule has 0 aliphatic carbocycles. The van der Waals surface area contributed by atoms with Gasteiger partial charge in [-0.05, 0) is 63.4 Å². The highest BCUT2D eigenvalue weighted by molar-refractivity contribution is 5.68. The molecular formula is C27H30FN7O2. The quantitative estimate of drug-likeness (QED) is 0.426. The summed E-state index contributed by atoms with van der Waals surface area (Å²) in [6.45, 7) is 8.63. The maximum atomic E-state index is 13.4. The molecule has 0 radical (unpaired) electrons. The molecule has 3 aromatic heterocycles. The lowest BCUT2D eigenvalue weighted by molar-refractivity contribution is 0.0221. The summed E-state index contributed by atoms with van der Waals surface area (Å²) in [5.41, 5.74) is 5.92. The zero-order valence-electron chi connectivity index (χ0n) is 21.5. The van der Waals surface area contributed by atoms with Gasteiger partial charge in [-0.3, -0.25) is 5.10 Å². The number of hydrogen-bond donors (Lipinski definition) is 1. The average Bonchev–Trinajstić information content (AvgIpc) is 3.47. The molecule has 9 nitrogen and oxygen atoms in total. The van der Waals surface area contributed by atoms with Crippen LogP contribution in [-0.2, 0) is 30.5 Å². The minimum atomic E-state index is -0.542. The Bertz CT molecular complexity index is 1420. The van der Waals surface area contributed by atoms with Crippen molar-refractivity contribution in [2.24, 2.45) is 0 Å². The molecular weight excluding hydrogens is 473 g/mol. The first-order chi connectivity index (χ1) is 17.7. The lowest BCUT2D eigenvalue weighted by Crippen LogP contribution is -2.39. The number of carbonyl (C=O) groups excluding carboxylic acids is 1. The predicted molar refractivity (Wildman–Crippen MR) is 136 cm³/mol. The first kappa shape index (κ1) is 24.6. The normalized spacial score (nSPS) is 13.5. The van der Waals surface area contributed by atoms with E-state index in [1.54, 1.807) is 21.7 Å². The zero-order chi connectivity index (χ0) is 26.2. The van der Waals surface area contributed by atoms with Crippen LogP contribution in [0.1, 0.15) is 55.9 Å². The first-order valence-electron chi connectivity index (χ1n) is 12.4. The molecule has 4 heterocycles. The van der Waals surface area contributed by atoms with E-state index in [0.717, 1.165) is 45.9 Å². The number of amides is 1. The van der Waals surface area contributed by atoms with Gasteiger partial charge in [0.25, 0.3) is 0 Å². The average molecular weight is 504 g/mol. The Morgan fingerprint density at radius 3 is 2.70 bits per heavy atom. The van der Waals surface area contributed by atoms with Crippen LogP contribution in [0, 0.1) is 5.82 Å². The number of nitrogens with one attached hydrogen (secondary N) is 1. The van der Waals surface area contributed by atoms with Crippen molar-refractivity contribution in [1.29, 1.82) is 0 Å². The topological polar surface area (TPSA) is 102 Å². The van der Waals surface area contributed by atoms with Gasteiger partial charge in [0.05, 0.1) is 23.6 Å². The van der Waals surface area contributed by atoms with Crippen LogP contribution in [0.2, 0.25) is 0 Å². The molecule has 0 unspecified atom stereocenters. The van der Waals surface area contributed by atoms with E-state index >= 15 is 0 Å². The van der Waals surface area contributed by atoms with Crippen molar-refractivity contribution >= 4 is 6.09 Å². The van der Waals surface area contributed by atoms with Crippen molar-refractivity contribution in [3.05, 3.63) is 76.9 Å². The second kappa shape index (κ2) is 9.76. The second-order valence-electron chi connectivity index (χ2n) is 10.1. The third-order valence-corrected chi connectivity index (χ3v) is 6.25. The van der Waals surface area contributed by atoms with Gasteiger partial charge in [-0.1, -0.05) is 6.92 Å². The highest BCUT2D eigenvalue weighted by atomic mass is 19.1. The molecule has 0 saturated heterocycles. The highest BCUT2D eigenvalue weighted by Crippen LogP contribution is 2.26. The van der Waals surface area contributed by atoms with Gasteiger partial charge in [0.2, 0.25) is 0 Å². The standard InChI is InChI=1S/C27H30FN7O2/c1-5-21-22(31-32-25(21)17-6-8-19(28)9-7-17)12-20-13-24(30-16-29-20)35-14-18-10-11-34(15-23(18)33-35)26(36)37-27(2,3)4/h6-9,13-14,16H,5,10-12,15H2,1-4H3,(H,31,32). The van der Waals surface area contributed by atoms with Crippen molar-refractivity contribution in [3.8, 4) is 17.1 Å².